The van der Waals surface area contributed by atoms with Crippen LogP contribution in [0.4, 0.5) is 5.69 Å². The van der Waals surface area contributed by atoms with Gasteiger partial charge in [-0.15, -0.1) is 0 Å². The molecule has 1 aliphatic carbocycles. The van der Waals surface area contributed by atoms with Crippen LogP contribution >= 0.6 is 0 Å². The molecule has 1 fully saturated rings. The van der Waals surface area contributed by atoms with E-state index in [-0.39, 0.29) is 5.91 Å². The van der Waals surface area contributed by atoms with Crippen LogP contribution in [0.25, 0.3) is 0 Å². The molecule has 5 N–H and O–H groups in total. The van der Waals surface area contributed by atoms with E-state index in [2.05, 4.69) is 5.32 Å². The fraction of sp³-hybridized carbons (Fsp3) is 0.429. The summed E-state index contributed by atoms with van der Waals surface area (Å²) in [6.45, 7) is 0.872. The molecule has 1 aromatic carbocycles. The highest BCUT2D eigenvalue weighted by Crippen LogP contribution is 2.19. The Bertz CT molecular complexity index is 526. The van der Waals surface area contributed by atoms with Gasteiger partial charge in [-0.25, -0.2) is 0 Å². The summed E-state index contributed by atoms with van der Waals surface area (Å²) >= 11 is 0. The third kappa shape index (κ3) is 3.96. The van der Waals surface area contributed by atoms with Gasteiger partial charge in [-0.05, 0) is 37.6 Å². The van der Waals surface area contributed by atoms with E-state index in [0.717, 1.165) is 18.4 Å². The molecule has 0 radical (unpaired) electrons. The summed E-state index contributed by atoms with van der Waals surface area (Å²) in [4.78, 5) is 24.6. The summed E-state index contributed by atoms with van der Waals surface area (Å²) in [5, 5.41) is 2.94. The average molecular weight is 276 g/mol. The summed E-state index contributed by atoms with van der Waals surface area (Å²) in [6, 6.07) is 5.35. The van der Waals surface area contributed by atoms with Crippen molar-refractivity contribution in [3.63, 3.8) is 0 Å². The van der Waals surface area contributed by atoms with E-state index in [1.807, 2.05) is 11.9 Å². The first-order valence-corrected chi connectivity index (χ1v) is 6.62. The molecule has 1 saturated carbocycles. The molecule has 108 valence electrons. The van der Waals surface area contributed by atoms with Crippen LogP contribution in [0.1, 0.15) is 28.8 Å². The quantitative estimate of drug-likeness (QED) is 0.640. The number of amides is 2. The highest BCUT2D eigenvalue weighted by Gasteiger charge is 2.23. The second-order valence-corrected chi connectivity index (χ2v) is 5.29. The van der Waals surface area contributed by atoms with Gasteiger partial charge in [0.15, 0.2) is 0 Å². The SMILES string of the molecule is CN(CC(=O)NC1CC1)Cc1ccc(C(N)=O)cc1N. The van der Waals surface area contributed by atoms with Crippen LogP contribution < -0.4 is 16.8 Å². The van der Waals surface area contributed by atoms with Crippen LogP contribution in [0.3, 0.4) is 0 Å². The number of benzene rings is 1. The fourth-order valence-corrected chi connectivity index (χ4v) is 1.99. The zero-order valence-electron chi connectivity index (χ0n) is 11.6. The minimum atomic E-state index is -0.500. The van der Waals surface area contributed by atoms with Gasteiger partial charge in [0.05, 0.1) is 6.54 Å². The fourth-order valence-electron chi connectivity index (χ4n) is 1.99. The van der Waals surface area contributed by atoms with E-state index in [1.54, 1.807) is 18.2 Å². The van der Waals surface area contributed by atoms with Gasteiger partial charge in [0.2, 0.25) is 11.8 Å². The van der Waals surface area contributed by atoms with E-state index < -0.39 is 5.91 Å². The Hall–Kier alpha value is -2.08. The van der Waals surface area contributed by atoms with Crippen molar-refractivity contribution in [3.05, 3.63) is 29.3 Å². The molecule has 0 saturated heterocycles. The zero-order valence-corrected chi connectivity index (χ0v) is 11.6. The monoisotopic (exact) mass is 276 g/mol. The van der Waals surface area contributed by atoms with Gasteiger partial charge in [-0.1, -0.05) is 6.07 Å². The molecule has 0 unspecified atom stereocenters. The molecule has 20 heavy (non-hydrogen) atoms. The first kappa shape index (κ1) is 14.3. The smallest absolute Gasteiger partial charge is 0.248 e. The second-order valence-electron chi connectivity index (χ2n) is 5.29. The van der Waals surface area contributed by atoms with Gasteiger partial charge in [-0.2, -0.15) is 0 Å². The highest BCUT2D eigenvalue weighted by molar-refractivity contribution is 5.93. The number of anilines is 1. The third-order valence-electron chi connectivity index (χ3n) is 3.23. The number of hydrogen-bond donors (Lipinski definition) is 3. The summed E-state index contributed by atoms with van der Waals surface area (Å²) in [5.74, 6) is -0.470. The molecule has 0 aliphatic heterocycles. The van der Waals surface area contributed by atoms with Crippen molar-refractivity contribution in [3.8, 4) is 0 Å². The van der Waals surface area contributed by atoms with Crippen molar-refractivity contribution in [1.82, 2.24) is 10.2 Å². The molecule has 0 aromatic heterocycles. The van der Waals surface area contributed by atoms with Crippen LogP contribution in [0.15, 0.2) is 18.2 Å². The predicted molar refractivity (Wildman–Crippen MR) is 76.9 cm³/mol. The maximum Gasteiger partial charge on any atom is 0.248 e. The van der Waals surface area contributed by atoms with Gasteiger partial charge in [0.1, 0.15) is 0 Å². The topological polar surface area (TPSA) is 101 Å². The van der Waals surface area contributed by atoms with Crippen LogP contribution in [0.2, 0.25) is 0 Å². The number of carbonyl (C=O) groups is 2. The normalized spacial score (nSPS) is 14.3. The molecule has 0 bridgehead atoms. The lowest BCUT2D eigenvalue weighted by atomic mass is 10.1. The largest absolute Gasteiger partial charge is 0.398 e. The predicted octanol–water partition coefficient (Wildman–Crippen LogP) is 0.0781. The summed E-state index contributed by atoms with van der Waals surface area (Å²) in [5.41, 5.74) is 12.9. The van der Waals surface area contributed by atoms with Crippen molar-refractivity contribution in [2.75, 3.05) is 19.3 Å². The van der Waals surface area contributed by atoms with Crippen LogP contribution in [-0.2, 0) is 11.3 Å². The molecular weight excluding hydrogens is 256 g/mol. The van der Waals surface area contributed by atoms with Gasteiger partial charge < -0.3 is 16.8 Å². The summed E-state index contributed by atoms with van der Waals surface area (Å²) < 4.78 is 0. The van der Waals surface area contributed by atoms with Crippen molar-refractivity contribution >= 4 is 17.5 Å². The summed E-state index contributed by atoms with van der Waals surface area (Å²) in [7, 11) is 1.86. The zero-order chi connectivity index (χ0) is 14.7. The number of nitrogens with one attached hydrogen (secondary N) is 1. The number of nitrogen functional groups attached to an aromatic ring is 1. The molecule has 2 amide bonds. The molecule has 2 rings (SSSR count). The van der Waals surface area contributed by atoms with E-state index in [0.29, 0.717) is 30.4 Å². The van der Waals surface area contributed by atoms with Crippen LogP contribution in [0.5, 0.6) is 0 Å². The molecule has 1 aliphatic rings. The lowest BCUT2D eigenvalue weighted by molar-refractivity contribution is -0.122. The number of likely N-dealkylation sites (N-methyl/N-ethyl adjacent to an activating group) is 1. The molecule has 0 heterocycles. The Balaban J connectivity index is 1.91. The lowest BCUT2D eigenvalue weighted by Gasteiger charge is -2.17. The van der Waals surface area contributed by atoms with Gasteiger partial charge >= 0.3 is 0 Å². The molecular formula is C14H20N4O2. The minimum Gasteiger partial charge on any atom is -0.398 e. The number of nitrogens with zero attached hydrogens (tertiary/aromatic N) is 1. The van der Waals surface area contributed by atoms with E-state index in [4.69, 9.17) is 11.5 Å². The number of hydrogen-bond acceptors (Lipinski definition) is 4. The maximum atomic E-state index is 11.7. The molecule has 0 atom stereocenters. The van der Waals surface area contributed by atoms with Crippen molar-refractivity contribution < 1.29 is 9.59 Å². The Morgan fingerprint density at radius 2 is 2.10 bits per heavy atom. The second kappa shape index (κ2) is 5.92. The standard InChI is InChI=1S/C14H20N4O2/c1-18(8-13(19)17-11-4-5-11)7-10-3-2-9(14(16)20)6-12(10)15/h2-3,6,11H,4-5,7-8,15H2,1H3,(H2,16,20)(H,17,19). The first-order chi connectivity index (χ1) is 9.45. The highest BCUT2D eigenvalue weighted by atomic mass is 16.2. The van der Waals surface area contributed by atoms with E-state index in [9.17, 15) is 9.59 Å². The van der Waals surface area contributed by atoms with Gasteiger partial charge in [0.25, 0.3) is 0 Å². The van der Waals surface area contributed by atoms with E-state index >= 15 is 0 Å². The lowest BCUT2D eigenvalue weighted by Crippen LogP contribution is -2.36. The van der Waals surface area contributed by atoms with Crippen molar-refractivity contribution in [2.45, 2.75) is 25.4 Å². The van der Waals surface area contributed by atoms with Crippen LogP contribution in [-0.4, -0.2) is 36.3 Å². The molecule has 6 nitrogen and oxygen atoms in total. The number of carbonyl (C=O) groups excluding carboxylic acids is 2. The summed E-state index contributed by atoms with van der Waals surface area (Å²) in [6.07, 6.45) is 2.16. The first-order valence-electron chi connectivity index (χ1n) is 6.62. The molecule has 1 aromatic rings. The Morgan fingerprint density at radius 1 is 1.40 bits per heavy atom. The van der Waals surface area contributed by atoms with Crippen molar-refractivity contribution in [1.29, 1.82) is 0 Å². The Kier molecular flexibility index (Phi) is 4.24. The van der Waals surface area contributed by atoms with Crippen molar-refractivity contribution in [2.24, 2.45) is 5.73 Å². The Morgan fingerprint density at radius 3 is 2.65 bits per heavy atom. The number of rotatable bonds is 6. The average Bonchev–Trinajstić information content (AvgIpc) is 3.15. The maximum absolute atomic E-state index is 11.7. The molecule has 0 spiro atoms. The minimum absolute atomic E-state index is 0.0299. The Labute approximate surface area is 118 Å². The van der Waals surface area contributed by atoms with Crippen LogP contribution in [0, 0.1) is 0 Å². The van der Waals surface area contributed by atoms with Gasteiger partial charge in [-0.3, -0.25) is 14.5 Å². The van der Waals surface area contributed by atoms with Gasteiger partial charge in [0, 0.05) is 23.8 Å². The van der Waals surface area contributed by atoms with E-state index in [1.165, 1.54) is 0 Å². The number of nitrogens with two attached hydrogens (primary N) is 2. The number of primary amides is 1. The molecule has 6 heteroatoms. The third-order valence-corrected chi connectivity index (χ3v) is 3.23.